The van der Waals surface area contributed by atoms with Gasteiger partial charge in [0, 0.05) is 30.8 Å². The minimum absolute atomic E-state index is 0.180. The lowest BCUT2D eigenvalue weighted by atomic mass is 10.0. The molecule has 1 atom stereocenters. The lowest BCUT2D eigenvalue weighted by Crippen LogP contribution is -2.48. The van der Waals surface area contributed by atoms with Gasteiger partial charge in [0.15, 0.2) is 5.17 Å². The predicted octanol–water partition coefficient (Wildman–Crippen LogP) is 2.87. The summed E-state index contributed by atoms with van der Waals surface area (Å²) in [6.07, 6.45) is 3.81. The number of amides is 3. The molecule has 1 N–H and O–H groups in total. The number of hydrogen-bond donors (Lipinski definition) is 1. The van der Waals surface area contributed by atoms with E-state index in [2.05, 4.69) is 15.4 Å². The van der Waals surface area contributed by atoms with Crippen molar-refractivity contribution in [2.45, 2.75) is 45.0 Å². The molecule has 0 fully saturated rings. The van der Waals surface area contributed by atoms with Gasteiger partial charge in [-0.3, -0.25) is 19.4 Å². The summed E-state index contributed by atoms with van der Waals surface area (Å²) in [5.74, 6) is -0.781. The van der Waals surface area contributed by atoms with Crippen LogP contribution in [0.5, 0.6) is 0 Å². The van der Waals surface area contributed by atoms with E-state index in [1.165, 1.54) is 5.01 Å². The van der Waals surface area contributed by atoms with E-state index >= 15 is 0 Å². The second kappa shape index (κ2) is 8.14. The molecule has 31 heavy (non-hydrogen) atoms. The molecule has 0 saturated carbocycles. The van der Waals surface area contributed by atoms with E-state index in [1.807, 2.05) is 37.3 Å². The fourth-order valence-electron chi connectivity index (χ4n) is 3.70. The Morgan fingerprint density at radius 3 is 2.55 bits per heavy atom. The molecule has 160 valence electrons. The van der Waals surface area contributed by atoms with E-state index in [9.17, 15) is 14.4 Å². The number of thioether (sulfide) groups is 1. The zero-order chi connectivity index (χ0) is 22.2. The minimum Gasteiger partial charge on any atom is -0.304 e. The van der Waals surface area contributed by atoms with Crippen molar-refractivity contribution >= 4 is 40.3 Å². The molecule has 1 spiro atoms. The Hall–Kier alpha value is -3.20. The Kier molecular flexibility index (Phi) is 5.53. The summed E-state index contributed by atoms with van der Waals surface area (Å²) in [7, 11) is 0. The van der Waals surface area contributed by atoms with Crippen molar-refractivity contribution in [1.29, 1.82) is 0 Å². The number of fused-ring (bicyclic) bond motifs is 2. The summed E-state index contributed by atoms with van der Waals surface area (Å²) in [5, 5.41) is 8.59. The summed E-state index contributed by atoms with van der Waals surface area (Å²) < 4.78 is 0. The standard InChI is InChI=1S/C22H23N5O3S/c1-4-18(28)24-21-25-27(19(29)5-2)22(31-21)16-12-14(3)6-7-17(16)26(20(22)30)13-15-8-10-23-11-9-15/h6-12H,4-5,13H2,1-3H3,(H,24,25,28). The van der Waals surface area contributed by atoms with Crippen molar-refractivity contribution in [2.75, 3.05) is 4.90 Å². The molecule has 4 rings (SSSR count). The van der Waals surface area contributed by atoms with Gasteiger partial charge >= 0.3 is 0 Å². The van der Waals surface area contributed by atoms with E-state index < -0.39 is 4.87 Å². The molecule has 0 bridgehead atoms. The molecule has 1 unspecified atom stereocenters. The zero-order valence-electron chi connectivity index (χ0n) is 17.6. The van der Waals surface area contributed by atoms with Crippen LogP contribution in [0.2, 0.25) is 0 Å². The van der Waals surface area contributed by atoms with E-state index in [0.717, 1.165) is 28.6 Å². The number of anilines is 1. The molecule has 1 aromatic carbocycles. The van der Waals surface area contributed by atoms with Gasteiger partial charge in [-0.25, -0.2) is 0 Å². The van der Waals surface area contributed by atoms with Crippen molar-refractivity contribution < 1.29 is 14.4 Å². The van der Waals surface area contributed by atoms with E-state index in [4.69, 9.17) is 0 Å². The first-order valence-corrected chi connectivity index (χ1v) is 10.9. The monoisotopic (exact) mass is 437 g/mol. The number of carbonyl (C=O) groups is 3. The van der Waals surface area contributed by atoms with E-state index in [0.29, 0.717) is 12.1 Å². The van der Waals surface area contributed by atoms with Gasteiger partial charge in [0.25, 0.3) is 5.91 Å². The first kappa shape index (κ1) is 21.0. The van der Waals surface area contributed by atoms with Gasteiger partial charge < -0.3 is 10.2 Å². The maximum atomic E-state index is 13.9. The third kappa shape index (κ3) is 3.48. The van der Waals surface area contributed by atoms with Crippen molar-refractivity contribution in [3.8, 4) is 0 Å². The second-order valence-electron chi connectivity index (χ2n) is 7.38. The highest BCUT2D eigenvalue weighted by Crippen LogP contribution is 2.55. The fraction of sp³-hybridized carbons (Fsp3) is 0.318. The summed E-state index contributed by atoms with van der Waals surface area (Å²) in [6, 6.07) is 9.47. The van der Waals surface area contributed by atoms with Gasteiger partial charge in [-0.05, 0) is 42.4 Å². The molecule has 3 heterocycles. The highest BCUT2D eigenvalue weighted by molar-refractivity contribution is 8.15. The molecule has 0 radical (unpaired) electrons. The number of nitrogens with one attached hydrogen (secondary N) is 1. The fourth-order valence-corrected chi connectivity index (χ4v) is 4.97. The van der Waals surface area contributed by atoms with Crippen molar-refractivity contribution in [1.82, 2.24) is 15.3 Å². The van der Waals surface area contributed by atoms with Crippen molar-refractivity contribution in [3.63, 3.8) is 0 Å². The van der Waals surface area contributed by atoms with Crippen LogP contribution in [0.15, 0.2) is 47.8 Å². The van der Waals surface area contributed by atoms with Crippen LogP contribution in [-0.4, -0.2) is 32.9 Å². The number of nitrogens with zero attached hydrogens (tertiary/aromatic N) is 4. The van der Waals surface area contributed by atoms with Gasteiger partial charge in [-0.2, -0.15) is 5.01 Å². The van der Waals surface area contributed by atoms with Crippen LogP contribution >= 0.6 is 11.8 Å². The van der Waals surface area contributed by atoms with E-state index in [1.54, 1.807) is 31.1 Å². The maximum absolute atomic E-state index is 13.9. The summed E-state index contributed by atoms with van der Waals surface area (Å²) in [5.41, 5.74) is 3.31. The number of benzene rings is 1. The number of pyridine rings is 1. The maximum Gasteiger partial charge on any atom is 0.271 e. The molecule has 0 aliphatic carbocycles. The summed E-state index contributed by atoms with van der Waals surface area (Å²) in [4.78, 5) is 43.2. The van der Waals surface area contributed by atoms with Crippen LogP contribution in [0.1, 0.15) is 43.4 Å². The lowest BCUT2D eigenvalue weighted by molar-refractivity contribution is -0.140. The summed E-state index contributed by atoms with van der Waals surface area (Å²) >= 11 is 1.11. The molecule has 8 nitrogen and oxygen atoms in total. The number of hydrogen-bond acceptors (Lipinski definition) is 6. The first-order valence-electron chi connectivity index (χ1n) is 10.1. The highest BCUT2D eigenvalue weighted by atomic mass is 32.2. The summed E-state index contributed by atoms with van der Waals surface area (Å²) in [6.45, 7) is 5.74. The molecule has 2 aliphatic rings. The first-order chi connectivity index (χ1) is 14.9. The van der Waals surface area contributed by atoms with Crippen LogP contribution in [-0.2, 0) is 25.8 Å². The number of rotatable bonds is 4. The molecule has 1 aromatic heterocycles. The smallest absolute Gasteiger partial charge is 0.271 e. The highest BCUT2D eigenvalue weighted by Gasteiger charge is 2.61. The van der Waals surface area contributed by atoms with Crippen LogP contribution in [0.3, 0.4) is 0 Å². The third-order valence-corrected chi connectivity index (χ3v) is 6.51. The van der Waals surface area contributed by atoms with Gasteiger partial charge in [0.05, 0.1) is 12.2 Å². The number of aromatic nitrogens is 1. The number of carbonyl (C=O) groups excluding carboxylic acids is 3. The largest absolute Gasteiger partial charge is 0.304 e. The Morgan fingerprint density at radius 1 is 1.13 bits per heavy atom. The van der Waals surface area contributed by atoms with Crippen LogP contribution in [0, 0.1) is 6.92 Å². The van der Waals surface area contributed by atoms with Crippen LogP contribution in [0.4, 0.5) is 5.69 Å². The normalized spacial score (nSPS) is 19.6. The Morgan fingerprint density at radius 2 is 1.87 bits per heavy atom. The van der Waals surface area contributed by atoms with E-state index in [-0.39, 0.29) is 35.7 Å². The quantitative estimate of drug-likeness (QED) is 0.794. The SMILES string of the molecule is CCC(=O)NC1=NN(C(=O)CC)C2(S1)C(=O)N(Cc1ccncc1)c1ccc(C)cc12. The molecular formula is C22H23N5O3S. The molecule has 0 saturated heterocycles. The molecule has 3 amide bonds. The number of aryl methyl sites for hydroxylation is 1. The lowest BCUT2D eigenvalue weighted by Gasteiger charge is -2.30. The minimum atomic E-state index is -1.38. The molecule has 2 aliphatic heterocycles. The van der Waals surface area contributed by atoms with Crippen molar-refractivity contribution in [3.05, 3.63) is 59.4 Å². The van der Waals surface area contributed by atoms with Crippen LogP contribution in [0.25, 0.3) is 0 Å². The van der Waals surface area contributed by atoms with Crippen LogP contribution < -0.4 is 10.2 Å². The zero-order valence-corrected chi connectivity index (χ0v) is 18.4. The number of amidine groups is 1. The second-order valence-corrected chi connectivity index (χ2v) is 8.56. The molecular weight excluding hydrogens is 414 g/mol. The van der Waals surface area contributed by atoms with Gasteiger partial charge in [0.1, 0.15) is 0 Å². The van der Waals surface area contributed by atoms with Gasteiger partial charge in [-0.1, -0.05) is 31.5 Å². The Bertz CT molecular complexity index is 1090. The average molecular weight is 438 g/mol. The third-order valence-electron chi connectivity index (χ3n) is 5.27. The average Bonchev–Trinajstić information content (AvgIpc) is 3.26. The van der Waals surface area contributed by atoms with Crippen molar-refractivity contribution in [2.24, 2.45) is 5.10 Å². The predicted molar refractivity (Wildman–Crippen MR) is 119 cm³/mol. The molecule has 2 aromatic rings. The Labute approximate surface area is 184 Å². The molecule has 9 heteroatoms. The Balaban J connectivity index is 1.82. The topological polar surface area (TPSA) is 95.0 Å². The number of hydrazone groups is 1. The van der Waals surface area contributed by atoms with Gasteiger partial charge in [0.2, 0.25) is 16.7 Å². The van der Waals surface area contributed by atoms with Gasteiger partial charge in [-0.15, -0.1) is 5.10 Å².